The Hall–Kier alpha value is -1.99. The van der Waals surface area contributed by atoms with Crippen molar-refractivity contribution in [3.8, 4) is 0 Å². The number of carbonyl (C=O) groups is 1. The predicted octanol–water partition coefficient (Wildman–Crippen LogP) is 11.2. The van der Waals surface area contributed by atoms with Gasteiger partial charge in [-0.15, -0.1) is 0 Å². The molecule has 3 aliphatic heterocycles. The molecule has 12 N–H and O–H groups in total. The zero-order chi connectivity index (χ0) is 67.5. The summed E-state index contributed by atoms with van der Waals surface area (Å²) in [5, 5.41) is 121. The van der Waals surface area contributed by atoms with Gasteiger partial charge in [-0.1, -0.05) is 269 Å². The number of hydrogen-bond donors (Lipinski definition) is 12. The summed E-state index contributed by atoms with van der Waals surface area (Å²) < 4.78 is 34.4. The molecule has 3 rings (SSSR count). The number of amides is 1. The normalized spacial score (nSPS) is 27.7. The topological polar surface area (TPSA) is 307 Å². The van der Waals surface area contributed by atoms with Crippen LogP contribution in [0.2, 0.25) is 0 Å². The van der Waals surface area contributed by atoms with Crippen LogP contribution in [0, 0.1) is 0 Å². The van der Waals surface area contributed by atoms with E-state index in [-0.39, 0.29) is 18.9 Å². The number of unbranched alkanes of at least 4 members (excludes halogenated alkanes) is 39. The molecule has 0 aliphatic carbocycles. The van der Waals surface area contributed by atoms with Crippen molar-refractivity contribution in [1.29, 1.82) is 0 Å². The highest BCUT2D eigenvalue weighted by molar-refractivity contribution is 5.76. The van der Waals surface area contributed by atoms with Crippen LogP contribution in [0.3, 0.4) is 0 Å². The molecule has 3 fully saturated rings. The second-order valence-electron chi connectivity index (χ2n) is 27.1. The number of carbonyl (C=O) groups excluding carboxylic acids is 1. The standard InChI is InChI=1S/C74H137NO18/c1-3-5-7-9-11-13-15-17-19-21-23-25-26-27-28-29-30-32-34-36-38-40-42-44-46-48-50-52-62(80)75-57(58(79)51-49-47-45-43-41-39-37-35-33-31-24-22-20-18-16-14-12-10-8-6-4-2)56-88-72-68(86)65(83)70(60(54-77)90-72)93-74-69(87)66(84)71(61(55-78)91-74)92-73-67(85)64(82)63(81)59(53-76)89-73/h21,23,41,43,49,51,57-61,63-74,76-79,81-87H,3-20,22,24-40,42,44-48,50,52-56H2,1-2H3,(H,75,80)/b23-21-,43-41+,51-49+. The molecule has 3 heterocycles. The number of rotatable bonds is 59. The first-order valence-corrected chi connectivity index (χ1v) is 37.7. The van der Waals surface area contributed by atoms with E-state index >= 15 is 0 Å². The Labute approximate surface area is 561 Å². The van der Waals surface area contributed by atoms with Gasteiger partial charge in [0.1, 0.15) is 73.2 Å². The highest BCUT2D eigenvalue weighted by Gasteiger charge is 2.53. The van der Waals surface area contributed by atoms with E-state index < -0.39 is 124 Å². The van der Waals surface area contributed by atoms with Crippen LogP contribution in [0.1, 0.15) is 296 Å². The van der Waals surface area contributed by atoms with E-state index in [0.717, 1.165) is 38.5 Å². The third kappa shape index (κ3) is 37.1. The molecule has 0 bridgehead atoms. The van der Waals surface area contributed by atoms with E-state index in [9.17, 15) is 61.0 Å². The van der Waals surface area contributed by atoms with Crippen LogP contribution < -0.4 is 5.32 Å². The first kappa shape index (κ1) is 85.2. The molecule has 0 radical (unpaired) electrons. The Bertz CT molecular complexity index is 1830. The fourth-order valence-electron chi connectivity index (χ4n) is 12.8. The molecule has 3 aliphatic rings. The molecule has 0 aromatic rings. The van der Waals surface area contributed by atoms with Gasteiger partial charge in [-0.3, -0.25) is 4.79 Å². The molecule has 0 aromatic carbocycles. The van der Waals surface area contributed by atoms with Crippen LogP contribution in [0.15, 0.2) is 36.5 Å². The number of allylic oxidation sites excluding steroid dienone is 5. The summed E-state index contributed by atoms with van der Waals surface area (Å²) in [7, 11) is 0. The fraction of sp³-hybridized carbons (Fsp3) is 0.905. The van der Waals surface area contributed by atoms with Crippen LogP contribution >= 0.6 is 0 Å². The van der Waals surface area contributed by atoms with Crippen molar-refractivity contribution in [3.63, 3.8) is 0 Å². The van der Waals surface area contributed by atoms with Crippen molar-refractivity contribution in [1.82, 2.24) is 5.32 Å². The van der Waals surface area contributed by atoms with Gasteiger partial charge in [0.2, 0.25) is 5.91 Å². The minimum absolute atomic E-state index is 0.238. The summed E-state index contributed by atoms with van der Waals surface area (Å²) >= 11 is 0. The quantitative estimate of drug-likeness (QED) is 0.0199. The summed E-state index contributed by atoms with van der Waals surface area (Å²) in [5.41, 5.74) is 0. The molecule has 3 saturated heterocycles. The summed E-state index contributed by atoms with van der Waals surface area (Å²) in [6.45, 7) is 1.75. The van der Waals surface area contributed by atoms with Gasteiger partial charge in [0.25, 0.3) is 0 Å². The Morgan fingerprint density at radius 2 is 0.688 bits per heavy atom. The number of ether oxygens (including phenoxy) is 6. The zero-order valence-electron chi connectivity index (χ0n) is 58.0. The zero-order valence-corrected chi connectivity index (χ0v) is 58.0. The van der Waals surface area contributed by atoms with Crippen molar-refractivity contribution >= 4 is 5.91 Å². The first-order chi connectivity index (χ1) is 45.3. The summed E-state index contributed by atoms with van der Waals surface area (Å²) in [4.78, 5) is 13.4. The molecule has 19 nitrogen and oxygen atoms in total. The van der Waals surface area contributed by atoms with E-state index in [2.05, 4.69) is 43.5 Å². The maximum Gasteiger partial charge on any atom is 0.220 e. The molecular weight excluding hydrogens is 1190 g/mol. The summed E-state index contributed by atoms with van der Waals surface area (Å²) in [6, 6.07) is -0.990. The second-order valence-corrected chi connectivity index (χ2v) is 27.1. The molecule has 0 aromatic heterocycles. The Morgan fingerprint density at radius 3 is 1.08 bits per heavy atom. The third-order valence-corrected chi connectivity index (χ3v) is 18.9. The second kappa shape index (κ2) is 55.8. The van der Waals surface area contributed by atoms with E-state index in [1.807, 2.05) is 6.08 Å². The number of hydrogen-bond acceptors (Lipinski definition) is 18. The van der Waals surface area contributed by atoms with E-state index in [0.29, 0.717) is 12.8 Å². The van der Waals surface area contributed by atoms with Crippen molar-refractivity contribution < 1.29 is 89.4 Å². The lowest BCUT2D eigenvalue weighted by Crippen LogP contribution is -2.66. The maximum absolute atomic E-state index is 13.4. The van der Waals surface area contributed by atoms with Gasteiger partial charge in [-0.25, -0.2) is 0 Å². The van der Waals surface area contributed by atoms with Gasteiger partial charge in [0, 0.05) is 6.42 Å². The highest BCUT2D eigenvalue weighted by Crippen LogP contribution is 2.33. The van der Waals surface area contributed by atoms with Crippen molar-refractivity contribution in [2.75, 3.05) is 26.4 Å². The minimum Gasteiger partial charge on any atom is -0.394 e. The largest absolute Gasteiger partial charge is 0.394 e. The average molecular weight is 1330 g/mol. The molecule has 546 valence electrons. The van der Waals surface area contributed by atoms with Crippen LogP contribution in [-0.4, -0.2) is 193 Å². The van der Waals surface area contributed by atoms with Gasteiger partial charge in [-0.05, 0) is 57.8 Å². The molecule has 19 heteroatoms. The lowest BCUT2D eigenvalue weighted by molar-refractivity contribution is -0.379. The monoisotopic (exact) mass is 1330 g/mol. The lowest BCUT2D eigenvalue weighted by atomic mass is 9.96. The number of aliphatic hydroxyl groups excluding tert-OH is 11. The Morgan fingerprint density at radius 1 is 0.376 bits per heavy atom. The molecule has 17 atom stereocenters. The SMILES string of the molecule is CCCCCCCCCC/C=C\CCCCCCCCCCCCCCCCCC(=O)NC(COC1OC(CO)C(OC2OC(CO)C(OC3OC(CO)C(O)C(O)C3O)C(O)C2O)C(O)C1O)C(O)/C=C/CC/C=C/CCCCCCCCCCCCCCCCC. The van der Waals surface area contributed by atoms with Gasteiger partial charge >= 0.3 is 0 Å². The smallest absolute Gasteiger partial charge is 0.220 e. The summed E-state index contributed by atoms with van der Waals surface area (Å²) in [6.07, 6.45) is 39.8. The van der Waals surface area contributed by atoms with Crippen LogP contribution in [0.5, 0.6) is 0 Å². The molecule has 1 amide bonds. The molecule has 17 unspecified atom stereocenters. The highest BCUT2D eigenvalue weighted by atomic mass is 16.8. The molecular formula is C74H137NO18. The first-order valence-electron chi connectivity index (χ1n) is 37.7. The molecule has 0 saturated carbocycles. The average Bonchev–Trinajstić information content (AvgIpc) is 0.902. The lowest BCUT2D eigenvalue weighted by Gasteiger charge is -2.48. The molecule has 93 heavy (non-hydrogen) atoms. The van der Waals surface area contributed by atoms with Gasteiger partial charge < -0.3 is 89.9 Å². The molecule has 0 spiro atoms. The minimum atomic E-state index is -1.98. The van der Waals surface area contributed by atoms with Gasteiger partial charge in [0.15, 0.2) is 18.9 Å². The van der Waals surface area contributed by atoms with Crippen molar-refractivity contribution in [3.05, 3.63) is 36.5 Å². The van der Waals surface area contributed by atoms with E-state index in [1.165, 1.54) is 225 Å². The number of nitrogens with one attached hydrogen (secondary N) is 1. The van der Waals surface area contributed by atoms with Crippen molar-refractivity contribution in [2.45, 2.75) is 401 Å². The van der Waals surface area contributed by atoms with E-state index in [1.54, 1.807) is 6.08 Å². The van der Waals surface area contributed by atoms with Crippen LogP contribution in [-0.2, 0) is 33.2 Å². The van der Waals surface area contributed by atoms with Crippen LogP contribution in [0.25, 0.3) is 0 Å². The Balaban J connectivity index is 1.41. The third-order valence-electron chi connectivity index (χ3n) is 18.9. The predicted molar refractivity (Wildman–Crippen MR) is 365 cm³/mol. The maximum atomic E-state index is 13.4. The van der Waals surface area contributed by atoms with Crippen molar-refractivity contribution in [2.24, 2.45) is 0 Å². The Kier molecular flexibility index (Phi) is 51.2. The summed E-state index contributed by atoms with van der Waals surface area (Å²) in [5.74, 6) is -0.281. The van der Waals surface area contributed by atoms with Crippen LogP contribution in [0.4, 0.5) is 0 Å². The fourth-order valence-corrected chi connectivity index (χ4v) is 12.8. The number of aliphatic hydroxyl groups is 11. The van der Waals surface area contributed by atoms with Gasteiger partial charge in [-0.2, -0.15) is 0 Å². The van der Waals surface area contributed by atoms with E-state index in [4.69, 9.17) is 28.4 Å². The van der Waals surface area contributed by atoms with Gasteiger partial charge in [0.05, 0.1) is 38.6 Å².